The molecule has 0 aromatic heterocycles. The molecule has 0 bridgehead atoms. The molecule has 1 aliphatic rings. The lowest BCUT2D eigenvalue weighted by atomic mass is 10.1. The van der Waals surface area contributed by atoms with Gasteiger partial charge in [0, 0.05) is 26.1 Å². The summed E-state index contributed by atoms with van der Waals surface area (Å²) in [4.78, 5) is 2.43. The summed E-state index contributed by atoms with van der Waals surface area (Å²) in [6.07, 6.45) is 4.78. The summed E-state index contributed by atoms with van der Waals surface area (Å²) in [5, 5.41) is 0. The SMILES string of the molecule is C/C=C/C1CN(CC)CC1OC. The third kappa shape index (κ3) is 2.08. The molecular formula is C10H19NO. The highest BCUT2D eigenvalue weighted by Crippen LogP contribution is 2.20. The molecule has 0 N–H and O–H groups in total. The number of hydrogen-bond donors (Lipinski definition) is 0. The Morgan fingerprint density at radius 1 is 1.50 bits per heavy atom. The van der Waals surface area contributed by atoms with Crippen molar-refractivity contribution in [3.8, 4) is 0 Å². The average molecular weight is 169 g/mol. The van der Waals surface area contributed by atoms with E-state index in [9.17, 15) is 0 Å². The molecule has 1 rings (SSSR count). The van der Waals surface area contributed by atoms with E-state index in [0.717, 1.165) is 19.6 Å². The van der Waals surface area contributed by atoms with Gasteiger partial charge in [-0.05, 0) is 13.5 Å². The number of likely N-dealkylation sites (tertiary alicyclic amines) is 1. The quantitative estimate of drug-likeness (QED) is 0.594. The van der Waals surface area contributed by atoms with Gasteiger partial charge in [-0.15, -0.1) is 0 Å². The lowest BCUT2D eigenvalue weighted by Crippen LogP contribution is -2.22. The van der Waals surface area contributed by atoms with Crippen LogP contribution < -0.4 is 0 Å². The summed E-state index contributed by atoms with van der Waals surface area (Å²) in [5.41, 5.74) is 0. The van der Waals surface area contributed by atoms with Crippen LogP contribution in [0.25, 0.3) is 0 Å². The molecule has 2 unspecified atom stereocenters. The van der Waals surface area contributed by atoms with E-state index < -0.39 is 0 Å². The van der Waals surface area contributed by atoms with Gasteiger partial charge in [-0.3, -0.25) is 0 Å². The van der Waals surface area contributed by atoms with Gasteiger partial charge < -0.3 is 9.64 Å². The first-order valence-corrected chi connectivity index (χ1v) is 4.69. The highest BCUT2D eigenvalue weighted by molar-refractivity contribution is 4.97. The van der Waals surface area contributed by atoms with Gasteiger partial charge in [-0.1, -0.05) is 19.1 Å². The monoisotopic (exact) mass is 169 g/mol. The zero-order chi connectivity index (χ0) is 8.97. The Labute approximate surface area is 75.2 Å². The van der Waals surface area contributed by atoms with E-state index in [-0.39, 0.29) is 0 Å². The van der Waals surface area contributed by atoms with Gasteiger partial charge in [0.2, 0.25) is 0 Å². The molecule has 70 valence electrons. The van der Waals surface area contributed by atoms with Crippen molar-refractivity contribution >= 4 is 0 Å². The Morgan fingerprint density at radius 3 is 2.75 bits per heavy atom. The van der Waals surface area contributed by atoms with Crippen LogP contribution in [-0.2, 0) is 4.74 Å². The van der Waals surface area contributed by atoms with Crippen LogP contribution in [0.4, 0.5) is 0 Å². The fourth-order valence-electron chi connectivity index (χ4n) is 1.82. The van der Waals surface area contributed by atoms with Crippen molar-refractivity contribution in [2.24, 2.45) is 5.92 Å². The van der Waals surface area contributed by atoms with E-state index in [4.69, 9.17) is 4.74 Å². The van der Waals surface area contributed by atoms with E-state index in [1.54, 1.807) is 7.11 Å². The van der Waals surface area contributed by atoms with Crippen molar-refractivity contribution in [3.05, 3.63) is 12.2 Å². The Hall–Kier alpha value is -0.340. The van der Waals surface area contributed by atoms with Crippen molar-refractivity contribution in [1.82, 2.24) is 4.90 Å². The third-order valence-electron chi connectivity index (χ3n) is 2.57. The highest BCUT2D eigenvalue weighted by atomic mass is 16.5. The normalized spacial score (nSPS) is 31.9. The minimum absolute atomic E-state index is 0.404. The van der Waals surface area contributed by atoms with Gasteiger partial charge in [0.1, 0.15) is 0 Å². The molecule has 1 saturated heterocycles. The summed E-state index contributed by atoms with van der Waals surface area (Å²) >= 11 is 0. The standard InChI is InChI=1S/C10H19NO/c1-4-6-9-7-11(5-2)8-10(9)12-3/h4,6,9-10H,5,7-8H2,1-3H3/b6-4+. The highest BCUT2D eigenvalue weighted by Gasteiger charge is 2.29. The van der Waals surface area contributed by atoms with Gasteiger partial charge >= 0.3 is 0 Å². The summed E-state index contributed by atoms with van der Waals surface area (Å²) < 4.78 is 5.42. The average Bonchev–Trinajstić information content (AvgIpc) is 2.48. The van der Waals surface area contributed by atoms with Crippen molar-refractivity contribution in [2.75, 3.05) is 26.7 Å². The molecule has 1 aliphatic heterocycles. The zero-order valence-electron chi connectivity index (χ0n) is 8.29. The van der Waals surface area contributed by atoms with E-state index in [1.165, 1.54) is 0 Å². The van der Waals surface area contributed by atoms with Crippen molar-refractivity contribution in [3.63, 3.8) is 0 Å². The molecule has 1 heterocycles. The summed E-state index contributed by atoms with van der Waals surface area (Å²) in [6, 6.07) is 0. The van der Waals surface area contributed by atoms with E-state index in [2.05, 4.69) is 30.9 Å². The molecule has 0 saturated carbocycles. The van der Waals surface area contributed by atoms with Gasteiger partial charge in [0.15, 0.2) is 0 Å². The summed E-state index contributed by atoms with van der Waals surface area (Å²) in [5.74, 6) is 0.597. The van der Waals surface area contributed by atoms with Crippen LogP contribution in [0, 0.1) is 5.92 Å². The molecule has 0 aromatic rings. The second kappa shape index (κ2) is 4.63. The predicted molar refractivity (Wildman–Crippen MR) is 51.2 cm³/mol. The molecule has 0 amide bonds. The number of hydrogen-bond acceptors (Lipinski definition) is 2. The first-order chi connectivity index (χ1) is 5.81. The van der Waals surface area contributed by atoms with Crippen molar-refractivity contribution in [1.29, 1.82) is 0 Å². The maximum Gasteiger partial charge on any atom is 0.0772 e. The van der Waals surface area contributed by atoms with Crippen molar-refractivity contribution in [2.45, 2.75) is 20.0 Å². The summed E-state index contributed by atoms with van der Waals surface area (Å²) in [6.45, 7) is 7.64. The second-order valence-corrected chi connectivity index (χ2v) is 3.32. The second-order valence-electron chi connectivity index (χ2n) is 3.32. The van der Waals surface area contributed by atoms with E-state index in [1.807, 2.05) is 0 Å². The van der Waals surface area contributed by atoms with Crippen LogP contribution in [0.2, 0.25) is 0 Å². The van der Waals surface area contributed by atoms with Crippen LogP contribution in [-0.4, -0.2) is 37.7 Å². The Kier molecular flexibility index (Phi) is 3.76. The maximum absolute atomic E-state index is 5.42. The molecule has 2 atom stereocenters. The summed E-state index contributed by atoms with van der Waals surface area (Å²) in [7, 11) is 1.81. The van der Waals surface area contributed by atoms with E-state index in [0.29, 0.717) is 12.0 Å². The molecule has 2 nitrogen and oxygen atoms in total. The van der Waals surface area contributed by atoms with Gasteiger partial charge in [-0.25, -0.2) is 0 Å². The van der Waals surface area contributed by atoms with Crippen molar-refractivity contribution < 1.29 is 4.74 Å². The van der Waals surface area contributed by atoms with Gasteiger partial charge in [0.05, 0.1) is 6.10 Å². The minimum Gasteiger partial charge on any atom is -0.379 e. The Balaban J connectivity index is 2.50. The fraction of sp³-hybridized carbons (Fsp3) is 0.800. The lowest BCUT2D eigenvalue weighted by Gasteiger charge is -2.12. The number of allylic oxidation sites excluding steroid dienone is 1. The first kappa shape index (κ1) is 9.75. The van der Waals surface area contributed by atoms with Crippen LogP contribution >= 0.6 is 0 Å². The van der Waals surface area contributed by atoms with Crippen LogP contribution in [0.5, 0.6) is 0 Å². The number of nitrogens with zero attached hydrogens (tertiary/aromatic N) is 1. The lowest BCUT2D eigenvalue weighted by molar-refractivity contribution is 0.0911. The number of likely N-dealkylation sites (N-methyl/N-ethyl adjacent to an activating group) is 1. The fourth-order valence-corrected chi connectivity index (χ4v) is 1.82. The molecule has 1 fully saturated rings. The predicted octanol–water partition coefficient (Wildman–Crippen LogP) is 1.53. The maximum atomic E-state index is 5.42. The zero-order valence-corrected chi connectivity index (χ0v) is 8.29. The molecule has 2 heteroatoms. The Bertz CT molecular complexity index is 156. The minimum atomic E-state index is 0.404. The van der Waals surface area contributed by atoms with E-state index >= 15 is 0 Å². The molecule has 0 aliphatic carbocycles. The topological polar surface area (TPSA) is 12.5 Å². The largest absolute Gasteiger partial charge is 0.379 e. The van der Waals surface area contributed by atoms with Crippen LogP contribution in [0.15, 0.2) is 12.2 Å². The molecule has 0 spiro atoms. The number of ether oxygens (including phenoxy) is 1. The molecular weight excluding hydrogens is 150 g/mol. The number of rotatable bonds is 3. The van der Waals surface area contributed by atoms with Crippen LogP contribution in [0.3, 0.4) is 0 Å². The number of methoxy groups -OCH3 is 1. The van der Waals surface area contributed by atoms with Gasteiger partial charge in [-0.2, -0.15) is 0 Å². The molecule has 0 radical (unpaired) electrons. The first-order valence-electron chi connectivity index (χ1n) is 4.69. The third-order valence-corrected chi connectivity index (χ3v) is 2.57. The molecule has 0 aromatic carbocycles. The van der Waals surface area contributed by atoms with Crippen LogP contribution in [0.1, 0.15) is 13.8 Å². The van der Waals surface area contributed by atoms with Gasteiger partial charge in [0.25, 0.3) is 0 Å². The molecule has 12 heavy (non-hydrogen) atoms. The Morgan fingerprint density at radius 2 is 2.25 bits per heavy atom. The smallest absolute Gasteiger partial charge is 0.0772 e.